The molecule has 0 aromatic heterocycles. The van der Waals surface area contributed by atoms with E-state index in [0.29, 0.717) is 11.1 Å². The number of carbonyl (C=O) groups excluding carboxylic acids is 2. The summed E-state index contributed by atoms with van der Waals surface area (Å²) in [5.41, 5.74) is 6.06. The van der Waals surface area contributed by atoms with Crippen molar-refractivity contribution in [1.29, 1.82) is 0 Å². The second kappa shape index (κ2) is 11.1. The third-order valence-electron chi connectivity index (χ3n) is 5.13. The average molecular weight is 466 g/mol. The molecule has 2 aromatic rings. The van der Waals surface area contributed by atoms with Crippen LogP contribution in [0.1, 0.15) is 24.0 Å². The minimum absolute atomic E-state index is 0.0737. The molecule has 2 unspecified atom stereocenters. The molecule has 2 aromatic carbocycles. The number of hydrogen-bond acceptors (Lipinski definition) is 7. The smallest absolute Gasteiger partial charge is 0.323 e. The highest BCUT2D eigenvalue weighted by Gasteiger charge is 2.28. The number of ketones is 2. The molecular weight excluding hydrogens is 438 g/mol. The van der Waals surface area contributed by atoms with Gasteiger partial charge in [-0.05, 0) is 36.3 Å². The Hall–Kier alpha value is -4.17. The van der Waals surface area contributed by atoms with E-state index in [1.54, 1.807) is 6.08 Å². The highest BCUT2D eigenvalue weighted by molar-refractivity contribution is 6.19. The van der Waals surface area contributed by atoms with Crippen LogP contribution in [-0.2, 0) is 25.5 Å². The number of phenols is 2. The van der Waals surface area contributed by atoms with E-state index in [1.165, 1.54) is 44.4 Å². The van der Waals surface area contributed by atoms with Crippen molar-refractivity contribution >= 4 is 17.5 Å². The largest absolute Gasteiger partial charge is 0.504 e. The molecular formula is C26H27NO7. The second-order valence-electron chi connectivity index (χ2n) is 7.89. The summed E-state index contributed by atoms with van der Waals surface area (Å²) in [5, 5.41) is 27.0. The molecule has 8 nitrogen and oxygen atoms in total. The van der Waals surface area contributed by atoms with Gasteiger partial charge in [-0.25, -0.2) is 0 Å². The standard InChI is InChI=1S/C16H14O3.C10H13NO4/c1-3-12(11-7-5-4-6-8-11)13-9-15(18)16(19-2)10-14(13)17;1-10(11,9(14)15)5-6-2-3-7(12)8(13)4-6/h3-10,12H,1H2,2H3;2-4,12-13H,5,11H2,1H3,(H,14,15). The zero-order chi connectivity index (χ0) is 25.5. The van der Waals surface area contributed by atoms with Crippen LogP contribution in [0.25, 0.3) is 0 Å². The van der Waals surface area contributed by atoms with E-state index >= 15 is 0 Å². The van der Waals surface area contributed by atoms with E-state index in [0.717, 1.165) is 5.56 Å². The molecule has 0 spiro atoms. The molecule has 3 rings (SSSR count). The molecule has 2 atom stereocenters. The lowest BCUT2D eigenvalue weighted by atomic mass is 9.85. The van der Waals surface area contributed by atoms with Gasteiger partial charge in [0, 0.05) is 24.0 Å². The first-order valence-electron chi connectivity index (χ1n) is 10.3. The van der Waals surface area contributed by atoms with Gasteiger partial charge in [0.05, 0.1) is 7.11 Å². The Morgan fingerprint density at radius 2 is 1.74 bits per heavy atom. The lowest BCUT2D eigenvalue weighted by Gasteiger charge is -2.19. The molecule has 0 amide bonds. The first-order chi connectivity index (χ1) is 16.0. The number of aliphatic carboxylic acids is 1. The number of phenolic OH excluding ortho intramolecular Hbond substituents is 2. The van der Waals surface area contributed by atoms with Crippen LogP contribution < -0.4 is 5.73 Å². The highest BCUT2D eigenvalue weighted by atomic mass is 16.5. The van der Waals surface area contributed by atoms with Crippen LogP contribution in [0, 0.1) is 0 Å². The van der Waals surface area contributed by atoms with Crippen LogP contribution in [0.15, 0.2) is 84.7 Å². The zero-order valence-corrected chi connectivity index (χ0v) is 18.9. The van der Waals surface area contributed by atoms with Gasteiger partial charge in [-0.1, -0.05) is 42.5 Å². The molecule has 0 bridgehead atoms. The Balaban J connectivity index is 0.000000248. The molecule has 0 radical (unpaired) electrons. The Morgan fingerprint density at radius 3 is 2.26 bits per heavy atom. The van der Waals surface area contributed by atoms with Crippen molar-refractivity contribution in [3.63, 3.8) is 0 Å². The van der Waals surface area contributed by atoms with E-state index in [2.05, 4.69) is 6.58 Å². The van der Waals surface area contributed by atoms with E-state index in [9.17, 15) is 19.5 Å². The second-order valence-corrected chi connectivity index (χ2v) is 7.89. The topological polar surface area (TPSA) is 147 Å². The quantitative estimate of drug-likeness (QED) is 0.277. The van der Waals surface area contributed by atoms with Crippen LogP contribution in [0.4, 0.5) is 0 Å². The number of rotatable bonds is 7. The van der Waals surface area contributed by atoms with Gasteiger partial charge in [0.25, 0.3) is 0 Å². The molecule has 1 aliphatic rings. The number of aromatic hydroxyl groups is 2. The van der Waals surface area contributed by atoms with Gasteiger partial charge in [0.2, 0.25) is 5.78 Å². The fraction of sp³-hybridized carbons (Fsp3) is 0.192. The lowest BCUT2D eigenvalue weighted by molar-refractivity contribution is -0.142. The van der Waals surface area contributed by atoms with Gasteiger partial charge in [0.15, 0.2) is 23.0 Å². The van der Waals surface area contributed by atoms with Gasteiger partial charge >= 0.3 is 5.97 Å². The Morgan fingerprint density at radius 1 is 1.09 bits per heavy atom. The normalized spacial score (nSPS) is 15.6. The Kier molecular flexibility index (Phi) is 8.52. The van der Waals surface area contributed by atoms with Crippen LogP contribution in [0.2, 0.25) is 0 Å². The van der Waals surface area contributed by atoms with Gasteiger partial charge in [0.1, 0.15) is 5.54 Å². The summed E-state index contributed by atoms with van der Waals surface area (Å²) in [7, 11) is 1.37. The van der Waals surface area contributed by atoms with E-state index in [1.807, 2.05) is 30.3 Å². The van der Waals surface area contributed by atoms with Crippen LogP contribution in [-0.4, -0.2) is 45.5 Å². The fourth-order valence-corrected chi connectivity index (χ4v) is 3.24. The van der Waals surface area contributed by atoms with E-state index < -0.39 is 11.5 Å². The Labute approximate surface area is 197 Å². The number of allylic oxidation sites excluding steroid dienone is 4. The molecule has 0 heterocycles. The van der Waals surface area contributed by atoms with Crippen molar-refractivity contribution < 1.29 is 34.4 Å². The highest BCUT2D eigenvalue weighted by Crippen LogP contribution is 2.29. The summed E-state index contributed by atoms with van der Waals surface area (Å²) in [6, 6.07) is 13.6. The van der Waals surface area contributed by atoms with Crippen molar-refractivity contribution in [1.82, 2.24) is 0 Å². The van der Waals surface area contributed by atoms with Crippen molar-refractivity contribution in [2.45, 2.75) is 24.8 Å². The lowest BCUT2D eigenvalue weighted by Crippen LogP contribution is -2.46. The van der Waals surface area contributed by atoms with Gasteiger partial charge < -0.3 is 25.8 Å². The SMILES string of the molecule is C=CC(C1=CC(=O)C(OC)=CC1=O)c1ccccc1.CC(N)(Cc1ccc(O)c(O)c1)C(=O)O. The minimum atomic E-state index is -1.39. The van der Waals surface area contributed by atoms with Gasteiger partial charge in [-0.15, -0.1) is 6.58 Å². The van der Waals surface area contributed by atoms with Crippen molar-refractivity contribution in [3.8, 4) is 11.5 Å². The first kappa shape index (κ1) is 26.1. The molecule has 0 aliphatic heterocycles. The average Bonchev–Trinajstić information content (AvgIpc) is 2.79. The van der Waals surface area contributed by atoms with E-state index in [-0.39, 0.29) is 41.2 Å². The number of benzene rings is 2. The fourth-order valence-electron chi connectivity index (χ4n) is 3.24. The van der Waals surface area contributed by atoms with Gasteiger partial charge in [-0.2, -0.15) is 0 Å². The van der Waals surface area contributed by atoms with E-state index in [4.69, 9.17) is 20.7 Å². The Bertz CT molecular complexity index is 1150. The predicted octanol–water partition coefficient (Wildman–Crippen LogP) is 3.01. The molecule has 5 N–H and O–H groups in total. The van der Waals surface area contributed by atoms with Crippen molar-refractivity contribution in [2.24, 2.45) is 5.73 Å². The summed E-state index contributed by atoms with van der Waals surface area (Å²) in [6.45, 7) is 5.14. The molecule has 8 heteroatoms. The number of carboxylic acids is 1. The van der Waals surface area contributed by atoms with Crippen molar-refractivity contribution in [2.75, 3.05) is 7.11 Å². The maximum absolute atomic E-state index is 12.1. The van der Waals surface area contributed by atoms with Crippen molar-refractivity contribution in [3.05, 3.63) is 95.8 Å². The molecule has 34 heavy (non-hydrogen) atoms. The number of hydrogen-bond donors (Lipinski definition) is 4. The number of methoxy groups -OCH3 is 1. The number of carbonyl (C=O) groups is 3. The van der Waals surface area contributed by atoms with Gasteiger partial charge in [-0.3, -0.25) is 14.4 Å². The zero-order valence-electron chi connectivity index (χ0n) is 18.9. The summed E-state index contributed by atoms with van der Waals surface area (Å²) in [4.78, 5) is 34.6. The van der Waals surface area contributed by atoms with Crippen LogP contribution >= 0.6 is 0 Å². The number of nitrogens with two attached hydrogens (primary N) is 1. The third kappa shape index (κ3) is 6.43. The number of carboxylic acid groups (broad SMARTS) is 1. The summed E-state index contributed by atoms with van der Waals surface area (Å²) in [6.07, 6.45) is 4.31. The van der Waals surface area contributed by atoms with Crippen LogP contribution in [0.3, 0.4) is 0 Å². The molecule has 178 valence electrons. The predicted molar refractivity (Wildman–Crippen MR) is 126 cm³/mol. The number of ether oxygens (including phenoxy) is 1. The summed E-state index contributed by atoms with van der Waals surface area (Å²) in [5.74, 6) is -2.36. The summed E-state index contributed by atoms with van der Waals surface area (Å²) < 4.78 is 4.86. The molecule has 0 saturated heterocycles. The maximum Gasteiger partial charge on any atom is 0.323 e. The van der Waals surface area contributed by atoms with Crippen LogP contribution in [0.5, 0.6) is 11.5 Å². The molecule has 0 fully saturated rings. The maximum atomic E-state index is 12.1. The monoisotopic (exact) mass is 465 g/mol. The molecule has 0 saturated carbocycles. The minimum Gasteiger partial charge on any atom is -0.504 e. The first-order valence-corrected chi connectivity index (χ1v) is 10.3. The molecule has 1 aliphatic carbocycles. The summed E-state index contributed by atoms with van der Waals surface area (Å²) >= 11 is 0. The third-order valence-corrected chi connectivity index (χ3v) is 5.13.